The fourth-order valence-corrected chi connectivity index (χ4v) is 2.80. The van der Waals surface area contributed by atoms with Gasteiger partial charge in [-0.05, 0) is 29.8 Å². The summed E-state index contributed by atoms with van der Waals surface area (Å²) < 4.78 is 45.8. The highest BCUT2D eigenvalue weighted by Gasteiger charge is 2.45. The topological polar surface area (TPSA) is 49.8 Å². The molecule has 4 nitrogen and oxygen atoms in total. The summed E-state index contributed by atoms with van der Waals surface area (Å²) in [5.41, 5.74) is -1.41. The molecule has 0 aliphatic carbocycles. The van der Waals surface area contributed by atoms with Crippen molar-refractivity contribution in [2.24, 2.45) is 0 Å². The van der Waals surface area contributed by atoms with E-state index in [1.165, 1.54) is 6.07 Å². The van der Waals surface area contributed by atoms with Crippen LogP contribution in [0.25, 0.3) is 0 Å². The quantitative estimate of drug-likeness (QED) is 0.891. The zero-order valence-electron chi connectivity index (χ0n) is 13.2. The number of nitrogens with zero attached hydrogens (tertiary/aromatic N) is 1. The number of carboxylic acid groups (broad SMARTS) is 1. The Labute approximate surface area is 142 Å². The van der Waals surface area contributed by atoms with Gasteiger partial charge in [0.05, 0.1) is 0 Å². The molecule has 0 saturated carbocycles. The van der Waals surface area contributed by atoms with Crippen LogP contribution in [0.1, 0.15) is 12.0 Å². The standard InChI is InChI=1S/C18H16F3NO3/c19-15-5-4-14(9-16(15)20)25-13-3-1-2-12(8-13)10-22-7-6-18(21,11-22)17(23)24/h1-5,8-9H,6-7,10-11H2,(H,23,24). The van der Waals surface area contributed by atoms with Crippen LogP contribution < -0.4 is 4.74 Å². The van der Waals surface area contributed by atoms with Gasteiger partial charge in [-0.25, -0.2) is 18.0 Å². The molecule has 1 fully saturated rings. The van der Waals surface area contributed by atoms with Crippen LogP contribution in [-0.2, 0) is 11.3 Å². The number of ether oxygens (including phenoxy) is 1. The van der Waals surface area contributed by atoms with Crippen LogP contribution in [0.2, 0.25) is 0 Å². The van der Waals surface area contributed by atoms with Gasteiger partial charge in [-0.2, -0.15) is 0 Å². The number of alkyl halides is 1. The van der Waals surface area contributed by atoms with Gasteiger partial charge in [-0.15, -0.1) is 0 Å². The van der Waals surface area contributed by atoms with E-state index in [2.05, 4.69) is 0 Å². The van der Waals surface area contributed by atoms with Gasteiger partial charge in [0.15, 0.2) is 11.6 Å². The van der Waals surface area contributed by atoms with E-state index in [9.17, 15) is 18.0 Å². The van der Waals surface area contributed by atoms with Crippen molar-refractivity contribution in [3.8, 4) is 11.5 Å². The fourth-order valence-electron chi connectivity index (χ4n) is 2.80. The number of halogens is 3. The molecule has 132 valence electrons. The number of carboxylic acids is 1. The van der Waals surface area contributed by atoms with E-state index in [0.717, 1.165) is 17.7 Å². The summed E-state index contributed by atoms with van der Waals surface area (Å²) in [6.45, 7) is 0.543. The number of carbonyl (C=O) groups is 1. The lowest BCUT2D eigenvalue weighted by atomic mass is 10.1. The van der Waals surface area contributed by atoms with Gasteiger partial charge in [0, 0.05) is 32.1 Å². The Morgan fingerprint density at radius 2 is 1.92 bits per heavy atom. The van der Waals surface area contributed by atoms with Crippen LogP contribution in [0.15, 0.2) is 42.5 Å². The molecule has 2 aromatic rings. The minimum absolute atomic E-state index is 0.0482. The zero-order chi connectivity index (χ0) is 18.0. The molecule has 0 aromatic heterocycles. The Balaban J connectivity index is 1.68. The zero-order valence-corrected chi connectivity index (χ0v) is 13.2. The molecular weight excluding hydrogens is 335 g/mol. The normalized spacial score (nSPS) is 20.6. The van der Waals surface area contributed by atoms with Crippen molar-refractivity contribution in [1.29, 1.82) is 0 Å². The van der Waals surface area contributed by atoms with Crippen molar-refractivity contribution in [2.75, 3.05) is 13.1 Å². The van der Waals surface area contributed by atoms with Crippen molar-refractivity contribution in [3.05, 3.63) is 59.7 Å². The average Bonchev–Trinajstić information content (AvgIpc) is 2.94. The van der Waals surface area contributed by atoms with E-state index in [1.807, 2.05) is 0 Å². The second-order valence-corrected chi connectivity index (χ2v) is 6.06. The van der Waals surface area contributed by atoms with Crippen LogP contribution >= 0.6 is 0 Å². The molecule has 1 aliphatic rings. The molecule has 7 heteroatoms. The highest BCUT2D eigenvalue weighted by atomic mass is 19.2. The number of benzene rings is 2. The number of likely N-dealkylation sites (tertiary alicyclic amines) is 1. The molecule has 1 atom stereocenters. The number of hydrogen-bond donors (Lipinski definition) is 1. The Kier molecular flexibility index (Phi) is 4.67. The molecule has 1 heterocycles. The van der Waals surface area contributed by atoms with E-state index >= 15 is 0 Å². The van der Waals surface area contributed by atoms with E-state index in [0.29, 0.717) is 18.8 Å². The summed E-state index contributed by atoms with van der Waals surface area (Å²) in [6, 6.07) is 10.1. The number of rotatable bonds is 5. The summed E-state index contributed by atoms with van der Waals surface area (Å²) in [4.78, 5) is 12.7. The lowest BCUT2D eigenvalue weighted by Gasteiger charge is -2.17. The van der Waals surface area contributed by atoms with E-state index in [-0.39, 0.29) is 18.7 Å². The summed E-state index contributed by atoms with van der Waals surface area (Å²) in [5.74, 6) is -2.81. The van der Waals surface area contributed by atoms with Crippen molar-refractivity contribution in [3.63, 3.8) is 0 Å². The summed E-state index contributed by atoms with van der Waals surface area (Å²) in [6.07, 6.45) is -0.0482. The van der Waals surface area contributed by atoms with Gasteiger partial charge < -0.3 is 9.84 Å². The number of aliphatic carboxylic acids is 1. The minimum atomic E-state index is -2.21. The third-order valence-corrected chi connectivity index (χ3v) is 4.11. The van der Waals surface area contributed by atoms with Crippen LogP contribution in [0.5, 0.6) is 11.5 Å². The van der Waals surface area contributed by atoms with Gasteiger partial charge in [0.25, 0.3) is 0 Å². The third-order valence-electron chi connectivity index (χ3n) is 4.11. The second kappa shape index (κ2) is 6.76. The molecule has 25 heavy (non-hydrogen) atoms. The van der Waals surface area contributed by atoms with Crippen LogP contribution in [-0.4, -0.2) is 34.7 Å². The lowest BCUT2D eigenvalue weighted by molar-refractivity contribution is -0.149. The summed E-state index contributed by atoms with van der Waals surface area (Å²) in [7, 11) is 0. The first-order chi connectivity index (χ1) is 11.9. The van der Waals surface area contributed by atoms with Gasteiger partial charge in [0.1, 0.15) is 11.5 Å². The van der Waals surface area contributed by atoms with Crippen molar-refractivity contribution in [1.82, 2.24) is 4.90 Å². The molecule has 0 radical (unpaired) electrons. The van der Waals surface area contributed by atoms with Crippen LogP contribution in [0.4, 0.5) is 13.2 Å². The molecule has 0 amide bonds. The predicted octanol–water partition coefficient (Wildman–Crippen LogP) is 3.76. The van der Waals surface area contributed by atoms with Crippen LogP contribution in [0, 0.1) is 11.6 Å². The van der Waals surface area contributed by atoms with E-state index in [4.69, 9.17) is 9.84 Å². The molecular formula is C18H16F3NO3. The summed E-state index contributed by atoms with van der Waals surface area (Å²) >= 11 is 0. The molecule has 1 aliphatic heterocycles. The first-order valence-electron chi connectivity index (χ1n) is 7.72. The molecule has 2 aromatic carbocycles. The van der Waals surface area contributed by atoms with Crippen molar-refractivity contribution < 1.29 is 27.8 Å². The Morgan fingerprint density at radius 3 is 2.60 bits per heavy atom. The molecule has 0 bridgehead atoms. The lowest BCUT2D eigenvalue weighted by Crippen LogP contribution is -2.36. The SMILES string of the molecule is O=C(O)C1(F)CCN(Cc2cccc(Oc3ccc(F)c(F)c3)c2)C1. The van der Waals surface area contributed by atoms with Gasteiger partial charge in [0.2, 0.25) is 5.67 Å². The van der Waals surface area contributed by atoms with E-state index in [1.54, 1.807) is 29.2 Å². The van der Waals surface area contributed by atoms with Gasteiger partial charge in [-0.1, -0.05) is 12.1 Å². The third kappa shape index (κ3) is 3.93. The predicted molar refractivity (Wildman–Crippen MR) is 84.2 cm³/mol. The monoisotopic (exact) mass is 351 g/mol. The molecule has 1 N–H and O–H groups in total. The maximum absolute atomic E-state index is 14.1. The molecule has 1 saturated heterocycles. The highest BCUT2D eigenvalue weighted by molar-refractivity contribution is 5.78. The Morgan fingerprint density at radius 1 is 1.16 bits per heavy atom. The maximum Gasteiger partial charge on any atom is 0.342 e. The van der Waals surface area contributed by atoms with Crippen molar-refractivity contribution >= 4 is 5.97 Å². The average molecular weight is 351 g/mol. The molecule has 0 spiro atoms. The Hall–Kier alpha value is -2.54. The van der Waals surface area contributed by atoms with Gasteiger partial charge >= 0.3 is 5.97 Å². The Bertz CT molecular complexity index is 799. The minimum Gasteiger partial charge on any atom is -0.479 e. The first-order valence-corrected chi connectivity index (χ1v) is 7.72. The maximum atomic E-state index is 14.1. The smallest absolute Gasteiger partial charge is 0.342 e. The largest absolute Gasteiger partial charge is 0.479 e. The summed E-state index contributed by atoms with van der Waals surface area (Å²) in [5, 5.41) is 8.93. The number of hydrogen-bond acceptors (Lipinski definition) is 3. The van der Waals surface area contributed by atoms with E-state index < -0.39 is 23.3 Å². The first kappa shape index (κ1) is 17.3. The van der Waals surface area contributed by atoms with Gasteiger partial charge in [-0.3, -0.25) is 4.90 Å². The van der Waals surface area contributed by atoms with Crippen molar-refractivity contribution in [2.45, 2.75) is 18.6 Å². The second-order valence-electron chi connectivity index (χ2n) is 6.06. The highest BCUT2D eigenvalue weighted by Crippen LogP contribution is 2.28. The van der Waals surface area contributed by atoms with Crippen LogP contribution in [0.3, 0.4) is 0 Å². The fraction of sp³-hybridized carbons (Fsp3) is 0.278. The molecule has 1 unspecified atom stereocenters. The molecule has 3 rings (SSSR count).